The Balaban J connectivity index is 1.60. The monoisotopic (exact) mass is 426 g/mol. The second-order valence-corrected chi connectivity index (χ2v) is 7.78. The molecule has 0 bridgehead atoms. The number of carbonyl (C=O) groups is 1. The molecule has 146 valence electrons. The summed E-state index contributed by atoms with van der Waals surface area (Å²) in [5.74, 6) is -0.288. The summed E-state index contributed by atoms with van der Waals surface area (Å²) >= 11 is 7.11. The minimum absolute atomic E-state index is 0.206. The van der Waals surface area contributed by atoms with Gasteiger partial charge in [-0.3, -0.25) is 9.59 Å². The maximum Gasteiger partial charge on any atom is 0.262 e. The van der Waals surface area contributed by atoms with Crippen molar-refractivity contribution in [3.63, 3.8) is 0 Å². The van der Waals surface area contributed by atoms with Crippen molar-refractivity contribution in [1.82, 2.24) is 24.7 Å². The van der Waals surface area contributed by atoms with Crippen LogP contribution in [0.1, 0.15) is 6.92 Å². The van der Waals surface area contributed by atoms with Crippen LogP contribution >= 0.6 is 23.4 Å². The Morgan fingerprint density at radius 3 is 2.79 bits per heavy atom. The summed E-state index contributed by atoms with van der Waals surface area (Å²) in [7, 11) is 0. The van der Waals surface area contributed by atoms with Crippen LogP contribution in [0.5, 0.6) is 0 Å². The summed E-state index contributed by atoms with van der Waals surface area (Å²) in [6.45, 7) is 1.71. The number of hydrogen-bond acceptors (Lipinski definition) is 6. The van der Waals surface area contributed by atoms with Gasteiger partial charge >= 0.3 is 0 Å². The summed E-state index contributed by atoms with van der Waals surface area (Å²) in [4.78, 5) is 36.1. The highest BCUT2D eigenvalue weighted by Gasteiger charge is 2.19. The summed E-state index contributed by atoms with van der Waals surface area (Å²) in [5.41, 5.74) is 1.31. The number of rotatable bonds is 5. The predicted octanol–water partition coefficient (Wildman–Crippen LogP) is 3.28. The third-order valence-corrected chi connectivity index (χ3v) is 5.38. The molecule has 10 heteroatoms. The van der Waals surface area contributed by atoms with Gasteiger partial charge in [0, 0.05) is 6.20 Å². The number of halogens is 1. The van der Waals surface area contributed by atoms with Gasteiger partial charge in [0.15, 0.2) is 16.0 Å². The summed E-state index contributed by atoms with van der Waals surface area (Å²) in [6.07, 6.45) is 3.01. The molecule has 0 saturated heterocycles. The number of pyridine rings is 1. The fourth-order valence-corrected chi connectivity index (χ4v) is 3.61. The molecular weight excluding hydrogens is 412 g/mol. The van der Waals surface area contributed by atoms with E-state index in [4.69, 9.17) is 11.6 Å². The number of nitrogens with zero attached hydrogens (tertiary/aromatic N) is 4. The van der Waals surface area contributed by atoms with Gasteiger partial charge in [0.25, 0.3) is 5.56 Å². The van der Waals surface area contributed by atoms with Crippen LogP contribution in [0.2, 0.25) is 5.15 Å². The van der Waals surface area contributed by atoms with Crippen molar-refractivity contribution in [3.05, 3.63) is 70.4 Å². The number of carbonyl (C=O) groups excluding carboxylic acids is 1. The number of anilines is 1. The summed E-state index contributed by atoms with van der Waals surface area (Å²) in [6, 6.07) is 12.7. The first-order valence-electron chi connectivity index (χ1n) is 8.64. The van der Waals surface area contributed by atoms with Crippen molar-refractivity contribution in [1.29, 1.82) is 0 Å². The normalized spacial score (nSPS) is 12.1. The third-order valence-electron chi connectivity index (χ3n) is 4.09. The van der Waals surface area contributed by atoms with E-state index in [0.29, 0.717) is 21.9 Å². The number of fused-ring (bicyclic) bond motifs is 1. The zero-order valence-corrected chi connectivity index (χ0v) is 16.7. The van der Waals surface area contributed by atoms with E-state index >= 15 is 0 Å². The molecule has 3 aromatic heterocycles. The van der Waals surface area contributed by atoms with E-state index in [-0.39, 0.29) is 16.6 Å². The molecule has 0 aliphatic heterocycles. The van der Waals surface area contributed by atoms with Gasteiger partial charge in [0.05, 0.1) is 22.8 Å². The van der Waals surface area contributed by atoms with Gasteiger partial charge in [0.1, 0.15) is 5.39 Å². The molecule has 1 amide bonds. The number of hydrogen-bond donors (Lipinski definition) is 2. The number of aromatic amines is 1. The van der Waals surface area contributed by atoms with E-state index in [9.17, 15) is 9.59 Å². The van der Waals surface area contributed by atoms with Crippen LogP contribution in [0, 0.1) is 0 Å². The molecule has 29 heavy (non-hydrogen) atoms. The van der Waals surface area contributed by atoms with Crippen molar-refractivity contribution in [2.45, 2.75) is 17.3 Å². The van der Waals surface area contributed by atoms with Crippen LogP contribution in [-0.2, 0) is 4.79 Å². The number of aromatic nitrogens is 5. The number of benzene rings is 1. The lowest BCUT2D eigenvalue weighted by Crippen LogP contribution is -2.23. The van der Waals surface area contributed by atoms with Crippen molar-refractivity contribution in [2.24, 2.45) is 0 Å². The topological polar surface area (TPSA) is 106 Å². The lowest BCUT2D eigenvalue weighted by Gasteiger charge is -2.12. The molecule has 1 atom stereocenters. The third kappa shape index (κ3) is 4.01. The number of nitrogens with one attached hydrogen (secondary N) is 2. The fourth-order valence-electron chi connectivity index (χ4n) is 2.65. The Bertz CT molecular complexity index is 1240. The maximum absolute atomic E-state index is 12.5. The lowest BCUT2D eigenvalue weighted by molar-refractivity contribution is -0.115. The average molecular weight is 427 g/mol. The molecule has 3 heterocycles. The van der Waals surface area contributed by atoms with Gasteiger partial charge in [-0.1, -0.05) is 41.6 Å². The van der Waals surface area contributed by atoms with E-state index < -0.39 is 5.25 Å². The molecule has 8 nitrogen and oxygen atoms in total. The van der Waals surface area contributed by atoms with Crippen LogP contribution in [0.4, 0.5) is 5.69 Å². The van der Waals surface area contributed by atoms with E-state index in [1.807, 2.05) is 30.3 Å². The van der Waals surface area contributed by atoms with Gasteiger partial charge in [-0.05, 0) is 31.2 Å². The molecule has 4 aromatic rings. The number of amides is 1. The summed E-state index contributed by atoms with van der Waals surface area (Å²) < 4.78 is 1.59. The standard InChI is InChI=1S/C19H15ClN6O2S/c1-11(17(27)23-14-8-5-9-21-15(14)20)29-19-24-16-13(18(28)25-19)10-22-26(16)12-6-3-2-4-7-12/h2-11H,1H3,(H,23,27)(H,24,25,28). The molecule has 0 radical (unpaired) electrons. The molecule has 1 aromatic carbocycles. The average Bonchev–Trinajstić information content (AvgIpc) is 3.15. The Hall–Kier alpha value is -3.17. The second-order valence-electron chi connectivity index (χ2n) is 6.09. The smallest absolute Gasteiger partial charge is 0.262 e. The lowest BCUT2D eigenvalue weighted by atomic mass is 10.3. The molecule has 0 aliphatic carbocycles. The van der Waals surface area contributed by atoms with Crippen LogP contribution in [-0.4, -0.2) is 35.9 Å². The molecule has 4 rings (SSSR count). The minimum atomic E-state index is -0.542. The van der Waals surface area contributed by atoms with Crippen LogP contribution < -0.4 is 10.9 Å². The van der Waals surface area contributed by atoms with E-state index in [1.54, 1.807) is 23.7 Å². The van der Waals surface area contributed by atoms with Gasteiger partial charge in [-0.25, -0.2) is 14.6 Å². The van der Waals surface area contributed by atoms with Gasteiger partial charge in [0.2, 0.25) is 5.91 Å². The highest BCUT2D eigenvalue weighted by molar-refractivity contribution is 8.00. The quantitative estimate of drug-likeness (QED) is 0.288. The highest BCUT2D eigenvalue weighted by Crippen LogP contribution is 2.24. The molecule has 0 spiro atoms. The first-order valence-corrected chi connectivity index (χ1v) is 9.90. The Kier molecular flexibility index (Phi) is 5.32. The minimum Gasteiger partial charge on any atom is -0.322 e. The Labute approximate surface area is 174 Å². The number of H-pyrrole nitrogens is 1. The largest absolute Gasteiger partial charge is 0.322 e. The Morgan fingerprint density at radius 2 is 2.03 bits per heavy atom. The molecule has 2 N–H and O–H groups in total. The van der Waals surface area contributed by atoms with Crippen molar-refractivity contribution < 1.29 is 4.79 Å². The van der Waals surface area contributed by atoms with Gasteiger partial charge in [-0.2, -0.15) is 5.10 Å². The molecular formula is C19H15ClN6O2S. The van der Waals surface area contributed by atoms with Crippen molar-refractivity contribution in [2.75, 3.05) is 5.32 Å². The zero-order chi connectivity index (χ0) is 20.4. The Morgan fingerprint density at radius 1 is 1.24 bits per heavy atom. The van der Waals surface area contributed by atoms with E-state index in [2.05, 4.69) is 25.4 Å². The first-order chi connectivity index (χ1) is 14.0. The van der Waals surface area contributed by atoms with E-state index in [1.165, 1.54) is 12.4 Å². The first kappa shape index (κ1) is 19.2. The maximum atomic E-state index is 12.5. The van der Waals surface area contributed by atoms with Gasteiger partial charge in [-0.15, -0.1) is 0 Å². The van der Waals surface area contributed by atoms with Crippen LogP contribution in [0.15, 0.2) is 64.8 Å². The predicted molar refractivity (Wildman–Crippen MR) is 113 cm³/mol. The van der Waals surface area contributed by atoms with E-state index in [0.717, 1.165) is 17.4 Å². The highest BCUT2D eigenvalue weighted by atomic mass is 35.5. The van der Waals surface area contributed by atoms with Gasteiger partial charge < -0.3 is 10.3 Å². The molecule has 1 unspecified atom stereocenters. The SMILES string of the molecule is CC(Sc1nc2c(cnn2-c2ccccc2)c(=O)[nH]1)C(=O)Nc1cccnc1Cl. The van der Waals surface area contributed by atoms with Crippen molar-refractivity contribution in [3.8, 4) is 5.69 Å². The molecule has 0 aliphatic rings. The zero-order valence-electron chi connectivity index (χ0n) is 15.2. The van der Waals surface area contributed by atoms with Crippen LogP contribution in [0.25, 0.3) is 16.7 Å². The molecule has 0 fully saturated rings. The van der Waals surface area contributed by atoms with Crippen molar-refractivity contribution >= 4 is 46.0 Å². The number of thioether (sulfide) groups is 1. The van der Waals surface area contributed by atoms with Crippen LogP contribution in [0.3, 0.4) is 0 Å². The number of para-hydroxylation sites is 1. The fraction of sp³-hybridized carbons (Fsp3) is 0.105. The molecule has 0 saturated carbocycles. The summed E-state index contributed by atoms with van der Waals surface area (Å²) in [5, 5.41) is 7.35. The second kappa shape index (κ2) is 8.06.